The first-order valence-corrected chi connectivity index (χ1v) is 7.20. The first-order chi connectivity index (χ1) is 8.20. The summed E-state index contributed by atoms with van der Waals surface area (Å²) >= 11 is 0. The van der Waals surface area contributed by atoms with Crippen molar-refractivity contribution in [2.75, 3.05) is 13.6 Å². The summed E-state index contributed by atoms with van der Waals surface area (Å²) in [6.07, 6.45) is 8.54. The molecule has 1 aliphatic carbocycles. The molecule has 3 nitrogen and oxygen atoms in total. The van der Waals surface area contributed by atoms with Crippen LogP contribution in [0.5, 0.6) is 0 Å². The number of hydrogen-bond donors (Lipinski definition) is 1. The van der Waals surface area contributed by atoms with Gasteiger partial charge in [-0.05, 0) is 39.2 Å². The highest BCUT2D eigenvalue weighted by atomic mass is 16.2. The zero-order valence-corrected chi connectivity index (χ0v) is 11.2. The van der Waals surface area contributed by atoms with Crippen molar-refractivity contribution in [2.24, 2.45) is 5.92 Å². The third kappa shape index (κ3) is 3.01. The molecule has 1 saturated heterocycles. The van der Waals surface area contributed by atoms with Gasteiger partial charge in [-0.25, -0.2) is 0 Å². The standard InChI is InChI=1S/C14H26N2O/c1-11-13(9-6-10-15-11)14(17)16(2)12-7-4-3-5-8-12/h11-13,15H,3-10H2,1-2H3. The summed E-state index contributed by atoms with van der Waals surface area (Å²) in [5.41, 5.74) is 0. The molecule has 1 aliphatic heterocycles. The number of nitrogens with zero attached hydrogens (tertiary/aromatic N) is 1. The van der Waals surface area contributed by atoms with Crippen LogP contribution in [0.2, 0.25) is 0 Å². The minimum atomic E-state index is 0.204. The van der Waals surface area contributed by atoms with E-state index in [2.05, 4.69) is 12.2 Å². The minimum Gasteiger partial charge on any atom is -0.342 e. The molecule has 3 heteroatoms. The summed E-state index contributed by atoms with van der Waals surface area (Å²) in [7, 11) is 2.01. The van der Waals surface area contributed by atoms with E-state index in [9.17, 15) is 4.79 Å². The van der Waals surface area contributed by atoms with E-state index in [0.29, 0.717) is 18.0 Å². The summed E-state index contributed by atoms with van der Waals surface area (Å²) in [6, 6.07) is 0.854. The third-order valence-electron chi connectivity index (χ3n) is 4.55. The molecule has 98 valence electrons. The fourth-order valence-electron chi connectivity index (χ4n) is 3.29. The van der Waals surface area contributed by atoms with Gasteiger partial charge in [-0.2, -0.15) is 0 Å². The Morgan fingerprint density at radius 1 is 1.12 bits per heavy atom. The zero-order chi connectivity index (χ0) is 12.3. The first kappa shape index (κ1) is 12.9. The summed E-state index contributed by atoms with van der Waals surface area (Å²) in [5, 5.41) is 3.42. The smallest absolute Gasteiger partial charge is 0.227 e. The van der Waals surface area contributed by atoms with Crippen LogP contribution in [0, 0.1) is 5.92 Å². The van der Waals surface area contributed by atoms with Crippen LogP contribution in [0.3, 0.4) is 0 Å². The van der Waals surface area contributed by atoms with E-state index in [0.717, 1.165) is 19.4 Å². The number of nitrogens with one attached hydrogen (secondary N) is 1. The van der Waals surface area contributed by atoms with Crippen molar-refractivity contribution in [2.45, 2.75) is 64.0 Å². The van der Waals surface area contributed by atoms with Gasteiger partial charge in [-0.15, -0.1) is 0 Å². The molecule has 1 N–H and O–H groups in total. The Bertz CT molecular complexity index is 261. The topological polar surface area (TPSA) is 32.3 Å². The molecule has 0 aromatic heterocycles. The van der Waals surface area contributed by atoms with Gasteiger partial charge in [0.25, 0.3) is 0 Å². The maximum absolute atomic E-state index is 12.5. The first-order valence-electron chi connectivity index (χ1n) is 7.20. The third-order valence-corrected chi connectivity index (χ3v) is 4.55. The molecule has 2 aliphatic rings. The van der Waals surface area contributed by atoms with Crippen LogP contribution >= 0.6 is 0 Å². The number of carbonyl (C=O) groups is 1. The second kappa shape index (κ2) is 5.85. The Morgan fingerprint density at radius 2 is 1.82 bits per heavy atom. The Morgan fingerprint density at radius 3 is 2.47 bits per heavy atom. The Labute approximate surface area is 105 Å². The molecule has 0 bridgehead atoms. The Balaban J connectivity index is 1.92. The van der Waals surface area contributed by atoms with Crippen LogP contribution in [0.4, 0.5) is 0 Å². The van der Waals surface area contributed by atoms with E-state index >= 15 is 0 Å². The maximum atomic E-state index is 12.5. The van der Waals surface area contributed by atoms with E-state index in [1.807, 2.05) is 11.9 Å². The van der Waals surface area contributed by atoms with Crippen molar-refractivity contribution in [1.29, 1.82) is 0 Å². The lowest BCUT2D eigenvalue weighted by atomic mass is 9.88. The monoisotopic (exact) mass is 238 g/mol. The highest BCUT2D eigenvalue weighted by Crippen LogP contribution is 2.25. The minimum absolute atomic E-state index is 0.204. The van der Waals surface area contributed by atoms with Crippen LogP contribution in [-0.2, 0) is 4.79 Å². The lowest BCUT2D eigenvalue weighted by Crippen LogP contribution is -2.50. The number of rotatable bonds is 2. The summed E-state index contributed by atoms with van der Waals surface area (Å²) in [4.78, 5) is 14.5. The number of amides is 1. The second-order valence-electron chi connectivity index (χ2n) is 5.73. The van der Waals surface area contributed by atoms with E-state index in [4.69, 9.17) is 0 Å². The van der Waals surface area contributed by atoms with E-state index in [1.165, 1.54) is 32.1 Å². The largest absolute Gasteiger partial charge is 0.342 e. The molecule has 1 heterocycles. The highest BCUT2D eigenvalue weighted by Gasteiger charge is 2.32. The molecule has 0 aromatic rings. The van der Waals surface area contributed by atoms with E-state index in [1.54, 1.807) is 0 Å². The van der Waals surface area contributed by atoms with Gasteiger partial charge in [-0.1, -0.05) is 19.3 Å². The lowest BCUT2D eigenvalue weighted by Gasteiger charge is -2.37. The average Bonchev–Trinajstić information content (AvgIpc) is 2.39. The van der Waals surface area contributed by atoms with Crippen LogP contribution in [0.25, 0.3) is 0 Å². The molecule has 17 heavy (non-hydrogen) atoms. The van der Waals surface area contributed by atoms with Crippen molar-refractivity contribution < 1.29 is 4.79 Å². The van der Waals surface area contributed by atoms with Gasteiger partial charge in [0, 0.05) is 19.1 Å². The van der Waals surface area contributed by atoms with Crippen LogP contribution < -0.4 is 5.32 Å². The van der Waals surface area contributed by atoms with Crippen molar-refractivity contribution in [3.63, 3.8) is 0 Å². The number of carbonyl (C=O) groups excluding carboxylic acids is 1. The summed E-state index contributed by atoms with van der Waals surface area (Å²) in [5.74, 6) is 0.576. The quantitative estimate of drug-likeness (QED) is 0.799. The van der Waals surface area contributed by atoms with Crippen LogP contribution in [0.15, 0.2) is 0 Å². The molecular weight excluding hydrogens is 212 g/mol. The fraction of sp³-hybridized carbons (Fsp3) is 0.929. The van der Waals surface area contributed by atoms with Gasteiger partial charge < -0.3 is 10.2 Å². The average molecular weight is 238 g/mol. The molecule has 2 rings (SSSR count). The van der Waals surface area contributed by atoms with Gasteiger partial charge in [0.15, 0.2) is 0 Å². The fourth-order valence-corrected chi connectivity index (χ4v) is 3.29. The summed E-state index contributed by atoms with van der Waals surface area (Å²) < 4.78 is 0. The molecule has 1 saturated carbocycles. The molecule has 0 radical (unpaired) electrons. The Hall–Kier alpha value is -0.570. The van der Waals surface area contributed by atoms with Crippen molar-refractivity contribution in [3.05, 3.63) is 0 Å². The van der Waals surface area contributed by atoms with Gasteiger partial charge in [-0.3, -0.25) is 4.79 Å². The molecule has 2 fully saturated rings. The molecule has 2 atom stereocenters. The van der Waals surface area contributed by atoms with Gasteiger partial charge in [0.05, 0.1) is 5.92 Å². The molecule has 0 aromatic carbocycles. The zero-order valence-electron chi connectivity index (χ0n) is 11.2. The van der Waals surface area contributed by atoms with E-state index < -0.39 is 0 Å². The van der Waals surface area contributed by atoms with Crippen LogP contribution in [-0.4, -0.2) is 36.5 Å². The molecule has 2 unspecified atom stereocenters. The van der Waals surface area contributed by atoms with Gasteiger partial charge in [0.1, 0.15) is 0 Å². The predicted octanol–water partition coefficient (Wildman–Crippen LogP) is 2.17. The van der Waals surface area contributed by atoms with Crippen LogP contribution in [0.1, 0.15) is 51.9 Å². The molecular formula is C14H26N2O. The lowest BCUT2D eigenvalue weighted by molar-refractivity contribution is -0.138. The van der Waals surface area contributed by atoms with E-state index in [-0.39, 0.29) is 5.92 Å². The van der Waals surface area contributed by atoms with Gasteiger partial charge in [0.2, 0.25) is 5.91 Å². The molecule has 1 amide bonds. The van der Waals surface area contributed by atoms with Crippen molar-refractivity contribution >= 4 is 5.91 Å². The van der Waals surface area contributed by atoms with Crippen molar-refractivity contribution in [1.82, 2.24) is 10.2 Å². The predicted molar refractivity (Wildman–Crippen MR) is 69.8 cm³/mol. The molecule has 0 spiro atoms. The SMILES string of the molecule is CC1NCCCC1C(=O)N(C)C1CCCCC1. The number of hydrogen-bond acceptors (Lipinski definition) is 2. The normalized spacial score (nSPS) is 31.2. The summed E-state index contributed by atoms with van der Waals surface area (Å²) in [6.45, 7) is 3.22. The van der Waals surface area contributed by atoms with Gasteiger partial charge >= 0.3 is 0 Å². The number of piperidine rings is 1. The maximum Gasteiger partial charge on any atom is 0.227 e. The second-order valence-corrected chi connectivity index (χ2v) is 5.73. The Kier molecular flexibility index (Phi) is 4.43. The van der Waals surface area contributed by atoms with Crippen molar-refractivity contribution in [3.8, 4) is 0 Å². The highest BCUT2D eigenvalue weighted by molar-refractivity contribution is 5.79.